The highest BCUT2D eigenvalue weighted by molar-refractivity contribution is 5.88. The standard InChI is InChI=1S/C23H34N2O/c1-14(26)25-16-6-7-17-15(12-16)13-19-22(17,4)10-8-18-21(2,3)20(24)9-11-23(18,19)5/h6-7,12,18-20H,8-11,13,24H2,1-5H3,(H,25,26). The number of amides is 1. The third-order valence-corrected chi connectivity index (χ3v) is 8.63. The van der Waals surface area contributed by atoms with Gasteiger partial charge in [0.25, 0.3) is 0 Å². The maximum absolute atomic E-state index is 11.4. The summed E-state index contributed by atoms with van der Waals surface area (Å²) in [6.45, 7) is 11.4. The van der Waals surface area contributed by atoms with Gasteiger partial charge in [0, 0.05) is 18.7 Å². The van der Waals surface area contributed by atoms with Crippen LogP contribution in [0, 0.1) is 22.7 Å². The lowest BCUT2D eigenvalue weighted by atomic mass is 9.43. The van der Waals surface area contributed by atoms with Crippen LogP contribution in [0.4, 0.5) is 5.69 Å². The van der Waals surface area contributed by atoms with E-state index in [4.69, 9.17) is 5.73 Å². The van der Waals surface area contributed by atoms with Gasteiger partial charge in [-0.05, 0) is 83.4 Å². The Morgan fingerprint density at radius 2 is 1.85 bits per heavy atom. The molecule has 0 saturated heterocycles. The highest BCUT2D eigenvalue weighted by Crippen LogP contribution is 2.67. The van der Waals surface area contributed by atoms with Crippen molar-refractivity contribution in [2.45, 2.75) is 78.2 Å². The average Bonchev–Trinajstić information content (AvgIpc) is 2.84. The summed E-state index contributed by atoms with van der Waals surface area (Å²) < 4.78 is 0. The summed E-state index contributed by atoms with van der Waals surface area (Å²) in [6.07, 6.45) is 6.05. The summed E-state index contributed by atoms with van der Waals surface area (Å²) in [5.41, 5.74) is 11.3. The number of fused-ring (bicyclic) bond motifs is 5. The van der Waals surface area contributed by atoms with Crippen molar-refractivity contribution < 1.29 is 4.79 Å². The second-order valence-corrected chi connectivity index (χ2v) is 10.3. The molecule has 3 aliphatic carbocycles. The molecule has 2 fully saturated rings. The minimum atomic E-state index is 0.00150. The van der Waals surface area contributed by atoms with Crippen LogP contribution in [-0.4, -0.2) is 11.9 Å². The van der Waals surface area contributed by atoms with E-state index < -0.39 is 0 Å². The minimum absolute atomic E-state index is 0.00150. The van der Waals surface area contributed by atoms with Crippen LogP contribution in [0.15, 0.2) is 18.2 Å². The van der Waals surface area contributed by atoms with E-state index in [9.17, 15) is 4.79 Å². The van der Waals surface area contributed by atoms with Crippen LogP contribution in [-0.2, 0) is 16.6 Å². The zero-order valence-corrected chi connectivity index (χ0v) is 17.0. The molecule has 1 amide bonds. The number of benzene rings is 1. The summed E-state index contributed by atoms with van der Waals surface area (Å²) in [5, 5.41) is 2.96. The molecule has 0 aliphatic heterocycles. The van der Waals surface area contributed by atoms with Gasteiger partial charge in [-0.15, -0.1) is 0 Å². The number of anilines is 1. The lowest BCUT2D eigenvalue weighted by Gasteiger charge is -2.62. The van der Waals surface area contributed by atoms with Crippen LogP contribution in [0.5, 0.6) is 0 Å². The SMILES string of the molecule is CC(=O)Nc1ccc2c(c1)CC1C2(C)CCC2C(C)(C)C(N)CCC12C. The fourth-order valence-electron chi connectivity index (χ4n) is 7.19. The summed E-state index contributed by atoms with van der Waals surface area (Å²) >= 11 is 0. The molecule has 0 spiro atoms. The van der Waals surface area contributed by atoms with E-state index in [0.29, 0.717) is 23.3 Å². The molecule has 26 heavy (non-hydrogen) atoms. The maximum Gasteiger partial charge on any atom is 0.221 e. The Morgan fingerprint density at radius 3 is 2.54 bits per heavy atom. The molecule has 2 saturated carbocycles. The molecule has 5 atom stereocenters. The molecule has 0 aromatic heterocycles. The van der Waals surface area contributed by atoms with Crippen molar-refractivity contribution in [3.63, 3.8) is 0 Å². The van der Waals surface area contributed by atoms with Gasteiger partial charge < -0.3 is 11.1 Å². The summed E-state index contributed by atoms with van der Waals surface area (Å²) in [7, 11) is 0. The Bertz CT molecular complexity index is 755. The third kappa shape index (κ3) is 2.32. The van der Waals surface area contributed by atoms with Crippen LogP contribution in [0.3, 0.4) is 0 Å². The van der Waals surface area contributed by atoms with Gasteiger partial charge in [-0.25, -0.2) is 0 Å². The monoisotopic (exact) mass is 354 g/mol. The highest BCUT2D eigenvalue weighted by Gasteiger charge is 2.62. The molecule has 142 valence electrons. The maximum atomic E-state index is 11.4. The van der Waals surface area contributed by atoms with Crippen LogP contribution in [0.1, 0.15) is 71.4 Å². The van der Waals surface area contributed by atoms with Gasteiger partial charge in [0.05, 0.1) is 0 Å². The Balaban J connectivity index is 1.73. The van der Waals surface area contributed by atoms with Crippen LogP contribution < -0.4 is 11.1 Å². The topological polar surface area (TPSA) is 55.1 Å². The first-order valence-corrected chi connectivity index (χ1v) is 10.3. The van der Waals surface area contributed by atoms with Gasteiger partial charge in [0.1, 0.15) is 0 Å². The number of hydrogen-bond acceptors (Lipinski definition) is 2. The van der Waals surface area contributed by atoms with E-state index >= 15 is 0 Å². The van der Waals surface area contributed by atoms with E-state index in [2.05, 4.69) is 51.2 Å². The van der Waals surface area contributed by atoms with Gasteiger partial charge in [0.15, 0.2) is 0 Å². The van der Waals surface area contributed by atoms with Crippen LogP contribution >= 0.6 is 0 Å². The smallest absolute Gasteiger partial charge is 0.221 e. The van der Waals surface area contributed by atoms with Gasteiger partial charge in [-0.2, -0.15) is 0 Å². The van der Waals surface area contributed by atoms with Gasteiger partial charge in [-0.3, -0.25) is 4.79 Å². The molecule has 3 aliphatic rings. The predicted molar refractivity (Wildman–Crippen MR) is 107 cm³/mol. The van der Waals surface area contributed by atoms with E-state index in [0.717, 1.165) is 18.5 Å². The van der Waals surface area contributed by atoms with Crippen molar-refractivity contribution >= 4 is 11.6 Å². The zero-order valence-electron chi connectivity index (χ0n) is 17.0. The summed E-state index contributed by atoms with van der Waals surface area (Å²) in [6, 6.07) is 6.91. The zero-order chi connectivity index (χ0) is 18.9. The predicted octanol–water partition coefficient (Wildman–Crippen LogP) is 4.64. The molecule has 0 bridgehead atoms. The van der Waals surface area contributed by atoms with Crippen molar-refractivity contribution in [1.29, 1.82) is 0 Å². The summed E-state index contributed by atoms with van der Waals surface area (Å²) in [4.78, 5) is 11.4. The van der Waals surface area contributed by atoms with E-state index in [1.54, 1.807) is 6.92 Å². The Morgan fingerprint density at radius 1 is 1.12 bits per heavy atom. The van der Waals surface area contributed by atoms with Crippen molar-refractivity contribution in [1.82, 2.24) is 0 Å². The first-order chi connectivity index (χ1) is 12.1. The molecule has 1 aromatic rings. The van der Waals surface area contributed by atoms with Crippen molar-refractivity contribution in [2.75, 3.05) is 5.32 Å². The van der Waals surface area contributed by atoms with Crippen molar-refractivity contribution in [2.24, 2.45) is 28.4 Å². The number of carbonyl (C=O) groups excluding carboxylic acids is 1. The lowest BCUT2D eigenvalue weighted by molar-refractivity contribution is -0.114. The number of nitrogens with two attached hydrogens (primary N) is 1. The Hall–Kier alpha value is -1.35. The Kier molecular flexibility index (Phi) is 3.87. The lowest BCUT2D eigenvalue weighted by Crippen LogP contribution is -2.60. The van der Waals surface area contributed by atoms with E-state index in [1.165, 1.54) is 30.4 Å². The molecule has 0 heterocycles. The van der Waals surface area contributed by atoms with E-state index in [-0.39, 0.29) is 16.7 Å². The second kappa shape index (κ2) is 5.58. The number of hydrogen-bond donors (Lipinski definition) is 2. The largest absolute Gasteiger partial charge is 0.327 e. The van der Waals surface area contributed by atoms with Crippen LogP contribution in [0.25, 0.3) is 0 Å². The minimum Gasteiger partial charge on any atom is -0.327 e. The molecule has 3 nitrogen and oxygen atoms in total. The first-order valence-electron chi connectivity index (χ1n) is 10.3. The molecular weight excluding hydrogens is 320 g/mol. The molecule has 5 unspecified atom stereocenters. The third-order valence-electron chi connectivity index (χ3n) is 8.63. The molecule has 1 aromatic carbocycles. The molecular formula is C23H34N2O. The molecule has 3 N–H and O–H groups in total. The number of carbonyl (C=O) groups is 1. The average molecular weight is 355 g/mol. The number of rotatable bonds is 1. The van der Waals surface area contributed by atoms with Gasteiger partial charge in [0.2, 0.25) is 5.91 Å². The molecule has 3 heteroatoms. The quantitative estimate of drug-likeness (QED) is 0.772. The van der Waals surface area contributed by atoms with E-state index in [1.807, 2.05) is 0 Å². The normalized spacial score (nSPS) is 40.3. The fraction of sp³-hybridized carbons (Fsp3) is 0.696. The van der Waals surface area contributed by atoms with Crippen LogP contribution in [0.2, 0.25) is 0 Å². The highest BCUT2D eigenvalue weighted by atomic mass is 16.1. The second-order valence-electron chi connectivity index (χ2n) is 10.3. The fourth-order valence-corrected chi connectivity index (χ4v) is 7.19. The first kappa shape index (κ1) is 18.0. The molecule has 0 radical (unpaired) electrons. The van der Waals surface area contributed by atoms with Crippen molar-refractivity contribution in [3.8, 4) is 0 Å². The number of nitrogens with one attached hydrogen (secondary N) is 1. The van der Waals surface area contributed by atoms with Crippen molar-refractivity contribution in [3.05, 3.63) is 29.3 Å². The van der Waals surface area contributed by atoms with Gasteiger partial charge in [-0.1, -0.05) is 33.8 Å². The van der Waals surface area contributed by atoms with Gasteiger partial charge >= 0.3 is 0 Å². The Labute approximate surface area is 158 Å². The summed E-state index contributed by atoms with van der Waals surface area (Å²) in [5.74, 6) is 1.37. The molecule has 4 rings (SSSR count).